The van der Waals surface area contributed by atoms with E-state index in [9.17, 15) is 8.42 Å². The Labute approximate surface area is 105 Å². The maximum Gasteiger partial charge on any atom is 0.251 e. The molecule has 1 aromatic heterocycles. The fourth-order valence-corrected chi connectivity index (χ4v) is 3.74. The standard InChI is InChI=1S/C10H15N3O2S2/c1-8-12-7-10(16-8)17(14,15)13-6-9-2-4-11-5-3-9/h2,7,11,13H,3-6H2,1H3. The molecule has 94 valence electrons. The van der Waals surface area contributed by atoms with Crippen LogP contribution < -0.4 is 10.0 Å². The molecule has 0 aromatic carbocycles. The van der Waals surface area contributed by atoms with Crippen LogP contribution in [0.4, 0.5) is 0 Å². The highest BCUT2D eigenvalue weighted by molar-refractivity contribution is 7.91. The third-order valence-corrected chi connectivity index (χ3v) is 5.29. The minimum atomic E-state index is -3.39. The molecule has 0 saturated heterocycles. The van der Waals surface area contributed by atoms with Crippen LogP contribution in [0.1, 0.15) is 11.4 Å². The first kappa shape index (κ1) is 12.7. The van der Waals surface area contributed by atoms with Crippen molar-refractivity contribution < 1.29 is 8.42 Å². The van der Waals surface area contributed by atoms with E-state index in [1.165, 1.54) is 17.5 Å². The summed E-state index contributed by atoms with van der Waals surface area (Å²) in [4.78, 5) is 3.95. The summed E-state index contributed by atoms with van der Waals surface area (Å²) in [5.74, 6) is 0. The van der Waals surface area contributed by atoms with Crippen molar-refractivity contribution in [1.82, 2.24) is 15.0 Å². The zero-order valence-electron chi connectivity index (χ0n) is 9.56. The molecule has 0 bridgehead atoms. The molecule has 2 N–H and O–H groups in total. The molecular weight excluding hydrogens is 258 g/mol. The second-order valence-electron chi connectivity index (χ2n) is 3.84. The van der Waals surface area contributed by atoms with Crippen LogP contribution in [-0.4, -0.2) is 33.0 Å². The molecule has 0 fully saturated rings. The Kier molecular flexibility index (Phi) is 3.93. The van der Waals surface area contributed by atoms with Crippen LogP contribution in [0.2, 0.25) is 0 Å². The number of nitrogens with zero attached hydrogens (tertiary/aromatic N) is 1. The Bertz CT molecular complexity index is 519. The van der Waals surface area contributed by atoms with Gasteiger partial charge < -0.3 is 5.32 Å². The van der Waals surface area contributed by atoms with E-state index < -0.39 is 10.0 Å². The molecule has 0 amide bonds. The number of nitrogens with one attached hydrogen (secondary N) is 2. The first-order chi connectivity index (χ1) is 8.08. The van der Waals surface area contributed by atoms with Gasteiger partial charge in [-0.3, -0.25) is 0 Å². The van der Waals surface area contributed by atoms with Crippen molar-refractivity contribution in [2.45, 2.75) is 17.6 Å². The van der Waals surface area contributed by atoms with Crippen molar-refractivity contribution in [2.75, 3.05) is 19.6 Å². The molecule has 0 unspecified atom stereocenters. The van der Waals surface area contributed by atoms with Gasteiger partial charge in [0.15, 0.2) is 4.21 Å². The minimum absolute atomic E-state index is 0.282. The van der Waals surface area contributed by atoms with E-state index in [4.69, 9.17) is 0 Å². The molecule has 0 atom stereocenters. The summed E-state index contributed by atoms with van der Waals surface area (Å²) in [5, 5.41) is 3.94. The summed E-state index contributed by atoms with van der Waals surface area (Å²) in [5.41, 5.74) is 1.13. The second-order valence-corrected chi connectivity index (χ2v) is 7.07. The molecule has 7 heteroatoms. The highest BCUT2D eigenvalue weighted by Gasteiger charge is 2.17. The SMILES string of the molecule is Cc1ncc(S(=O)(=O)NCC2=CCNCC2)s1. The predicted molar refractivity (Wildman–Crippen MR) is 67.6 cm³/mol. The van der Waals surface area contributed by atoms with Crippen molar-refractivity contribution in [3.8, 4) is 0 Å². The fourth-order valence-electron chi connectivity index (χ4n) is 1.56. The molecule has 0 saturated carbocycles. The highest BCUT2D eigenvalue weighted by atomic mass is 32.2. The number of hydrogen-bond acceptors (Lipinski definition) is 5. The topological polar surface area (TPSA) is 71.1 Å². The Balaban J connectivity index is 2.00. The van der Waals surface area contributed by atoms with E-state index in [1.54, 1.807) is 6.92 Å². The minimum Gasteiger partial charge on any atom is -0.313 e. The summed E-state index contributed by atoms with van der Waals surface area (Å²) in [6.07, 6.45) is 4.33. The van der Waals surface area contributed by atoms with Crippen LogP contribution in [0.3, 0.4) is 0 Å². The molecule has 1 aliphatic rings. The lowest BCUT2D eigenvalue weighted by Gasteiger charge is -2.14. The number of aryl methyl sites for hydroxylation is 1. The predicted octanol–water partition coefficient (Wildman–Crippen LogP) is 0.650. The largest absolute Gasteiger partial charge is 0.313 e. The van der Waals surface area contributed by atoms with Gasteiger partial charge in [-0.2, -0.15) is 0 Å². The van der Waals surface area contributed by atoms with E-state index in [-0.39, 0.29) is 4.21 Å². The quantitative estimate of drug-likeness (QED) is 0.790. The molecular formula is C10H15N3O2S2. The Morgan fingerprint density at radius 3 is 3.00 bits per heavy atom. The number of sulfonamides is 1. The lowest BCUT2D eigenvalue weighted by atomic mass is 10.1. The van der Waals surface area contributed by atoms with Gasteiger partial charge in [0.05, 0.1) is 11.2 Å². The van der Waals surface area contributed by atoms with Crippen LogP contribution >= 0.6 is 11.3 Å². The number of rotatable bonds is 4. The monoisotopic (exact) mass is 273 g/mol. The molecule has 0 radical (unpaired) electrons. The van der Waals surface area contributed by atoms with Crippen LogP contribution in [0.5, 0.6) is 0 Å². The number of aromatic nitrogens is 1. The third-order valence-electron chi connectivity index (χ3n) is 2.51. The van der Waals surface area contributed by atoms with Gasteiger partial charge in [0.1, 0.15) is 0 Å². The van der Waals surface area contributed by atoms with E-state index in [0.29, 0.717) is 6.54 Å². The lowest BCUT2D eigenvalue weighted by Crippen LogP contribution is -2.29. The Hall–Kier alpha value is -0.760. The zero-order valence-corrected chi connectivity index (χ0v) is 11.2. The first-order valence-corrected chi connectivity index (χ1v) is 7.68. The summed E-state index contributed by atoms with van der Waals surface area (Å²) in [6, 6.07) is 0. The van der Waals surface area contributed by atoms with Crippen LogP contribution in [0.15, 0.2) is 22.1 Å². The molecule has 0 aliphatic carbocycles. The summed E-state index contributed by atoms with van der Waals surface area (Å²) in [6.45, 7) is 3.91. The summed E-state index contributed by atoms with van der Waals surface area (Å²) in [7, 11) is -3.39. The van der Waals surface area contributed by atoms with Crippen LogP contribution in [0.25, 0.3) is 0 Å². The van der Waals surface area contributed by atoms with Crippen LogP contribution in [0, 0.1) is 6.92 Å². The molecule has 1 aliphatic heterocycles. The van der Waals surface area contributed by atoms with E-state index in [1.807, 2.05) is 6.08 Å². The summed E-state index contributed by atoms with van der Waals surface area (Å²) >= 11 is 1.19. The van der Waals surface area contributed by atoms with Gasteiger partial charge in [-0.25, -0.2) is 18.1 Å². The summed E-state index contributed by atoms with van der Waals surface area (Å²) < 4.78 is 26.7. The average Bonchev–Trinajstić information content (AvgIpc) is 2.76. The van der Waals surface area contributed by atoms with E-state index >= 15 is 0 Å². The molecule has 5 nitrogen and oxygen atoms in total. The molecule has 2 heterocycles. The van der Waals surface area contributed by atoms with E-state index in [2.05, 4.69) is 15.0 Å². The van der Waals surface area contributed by atoms with Gasteiger partial charge in [0, 0.05) is 13.1 Å². The average molecular weight is 273 g/mol. The lowest BCUT2D eigenvalue weighted by molar-refractivity contribution is 0.584. The molecule has 2 rings (SSSR count). The van der Waals surface area contributed by atoms with Gasteiger partial charge in [-0.15, -0.1) is 11.3 Å². The van der Waals surface area contributed by atoms with Crippen molar-refractivity contribution in [3.05, 3.63) is 22.9 Å². The number of thiazole rings is 1. The smallest absolute Gasteiger partial charge is 0.251 e. The highest BCUT2D eigenvalue weighted by Crippen LogP contribution is 2.17. The maximum atomic E-state index is 11.9. The zero-order chi connectivity index (χ0) is 12.3. The Morgan fingerprint density at radius 1 is 1.59 bits per heavy atom. The second kappa shape index (κ2) is 5.26. The normalized spacial score (nSPS) is 16.9. The van der Waals surface area contributed by atoms with Crippen molar-refractivity contribution >= 4 is 21.4 Å². The van der Waals surface area contributed by atoms with Crippen molar-refractivity contribution in [3.63, 3.8) is 0 Å². The maximum absolute atomic E-state index is 11.9. The molecule has 17 heavy (non-hydrogen) atoms. The van der Waals surface area contributed by atoms with Crippen molar-refractivity contribution in [2.24, 2.45) is 0 Å². The number of hydrogen-bond donors (Lipinski definition) is 2. The van der Waals surface area contributed by atoms with Gasteiger partial charge >= 0.3 is 0 Å². The molecule has 1 aromatic rings. The van der Waals surface area contributed by atoms with Crippen LogP contribution in [-0.2, 0) is 10.0 Å². The fraction of sp³-hybridized carbons (Fsp3) is 0.500. The van der Waals surface area contributed by atoms with Gasteiger partial charge in [0.25, 0.3) is 10.0 Å². The Morgan fingerprint density at radius 2 is 2.41 bits per heavy atom. The van der Waals surface area contributed by atoms with Gasteiger partial charge in [-0.05, 0) is 19.9 Å². The van der Waals surface area contributed by atoms with Gasteiger partial charge in [-0.1, -0.05) is 11.6 Å². The third kappa shape index (κ3) is 3.35. The first-order valence-electron chi connectivity index (χ1n) is 5.39. The van der Waals surface area contributed by atoms with Crippen molar-refractivity contribution in [1.29, 1.82) is 0 Å². The van der Waals surface area contributed by atoms with E-state index in [0.717, 1.165) is 30.1 Å². The molecule has 0 spiro atoms. The van der Waals surface area contributed by atoms with Gasteiger partial charge in [0.2, 0.25) is 0 Å².